The van der Waals surface area contributed by atoms with Gasteiger partial charge in [0.15, 0.2) is 0 Å². The predicted molar refractivity (Wildman–Crippen MR) is 103 cm³/mol. The maximum Gasteiger partial charge on any atom is 0.250 e. The summed E-state index contributed by atoms with van der Waals surface area (Å²) >= 11 is 0. The van der Waals surface area contributed by atoms with E-state index in [4.69, 9.17) is 5.73 Å². The second-order valence-electron chi connectivity index (χ2n) is 8.72. The summed E-state index contributed by atoms with van der Waals surface area (Å²) in [5, 5.41) is 5.78. The van der Waals surface area contributed by atoms with Gasteiger partial charge in [-0.15, -0.1) is 0 Å². The number of carbonyl (C=O) groups excluding carboxylic acids is 4. The predicted octanol–water partition coefficient (Wildman–Crippen LogP) is 0.754. The van der Waals surface area contributed by atoms with Gasteiger partial charge >= 0.3 is 0 Å². The van der Waals surface area contributed by atoms with Crippen molar-refractivity contribution >= 4 is 29.3 Å². The molecule has 4 N–H and O–H groups in total. The molecule has 0 radical (unpaired) electrons. The fourth-order valence-corrected chi connectivity index (χ4v) is 5.89. The number of likely N-dealkylation sites (tertiary alicyclic amines) is 1. The van der Waals surface area contributed by atoms with Crippen LogP contribution in [0.4, 0.5) is 10.1 Å². The molecule has 1 spiro atoms. The van der Waals surface area contributed by atoms with Crippen LogP contribution in [0.25, 0.3) is 0 Å². The monoisotopic (exact) mass is 414 g/mol. The highest BCUT2D eigenvalue weighted by Crippen LogP contribution is 2.54. The van der Waals surface area contributed by atoms with Crippen LogP contribution < -0.4 is 16.4 Å². The van der Waals surface area contributed by atoms with Crippen LogP contribution in [0.2, 0.25) is 0 Å². The molecule has 4 aliphatic rings. The van der Waals surface area contributed by atoms with Crippen LogP contribution in [0.1, 0.15) is 44.1 Å². The first-order valence-corrected chi connectivity index (χ1v) is 10.4. The second-order valence-corrected chi connectivity index (χ2v) is 8.72. The van der Waals surface area contributed by atoms with Crippen molar-refractivity contribution in [3.05, 3.63) is 29.6 Å². The molecule has 4 amide bonds. The number of nitrogens with one attached hydrogen (secondary N) is 2. The zero-order chi connectivity index (χ0) is 21.2. The molecule has 30 heavy (non-hydrogen) atoms. The van der Waals surface area contributed by atoms with Gasteiger partial charge < -0.3 is 11.1 Å². The number of primary amides is 1. The lowest BCUT2D eigenvalue weighted by atomic mass is 9.76. The average Bonchev–Trinajstić information content (AvgIpc) is 3.27. The number of fused-ring (bicyclic) bond motifs is 4. The standard InChI is InChI=1S/C21H23FN4O4/c22-10-6-7-13-12(8-10)21(20(30)24-13)17-16(14(25-21)9-15(23)27)18(28)26(19(17)29)11-4-2-1-3-5-11/h6-8,11,14,16-17,25H,1-5,9H2,(H2,23,27)(H,24,30)/t14-,16-,17+,21-/m1/s1. The number of anilines is 1. The van der Waals surface area contributed by atoms with Crippen LogP contribution in [-0.4, -0.2) is 40.6 Å². The van der Waals surface area contributed by atoms with Crippen molar-refractivity contribution in [1.82, 2.24) is 10.2 Å². The quantitative estimate of drug-likeness (QED) is 0.631. The zero-order valence-electron chi connectivity index (χ0n) is 16.3. The van der Waals surface area contributed by atoms with Gasteiger partial charge in [-0.2, -0.15) is 0 Å². The third-order valence-electron chi connectivity index (χ3n) is 7.07. The van der Waals surface area contributed by atoms with E-state index < -0.39 is 47.0 Å². The Morgan fingerprint density at radius 3 is 2.60 bits per heavy atom. The number of rotatable bonds is 3. The van der Waals surface area contributed by atoms with E-state index in [1.165, 1.54) is 23.1 Å². The number of benzene rings is 1. The third kappa shape index (κ3) is 2.47. The van der Waals surface area contributed by atoms with Crippen molar-refractivity contribution in [3.63, 3.8) is 0 Å². The van der Waals surface area contributed by atoms with Gasteiger partial charge in [0.25, 0.3) is 0 Å². The van der Waals surface area contributed by atoms with Gasteiger partial charge in [-0.25, -0.2) is 4.39 Å². The highest BCUT2D eigenvalue weighted by molar-refractivity contribution is 6.15. The molecule has 1 aliphatic carbocycles. The third-order valence-corrected chi connectivity index (χ3v) is 7.07. The van der Waals surface area contributed by atoms with Gasteiger partial charge in [0.2, 0.25) is 23.6 Å². The van der Waals surface area contributed by atoms with Crippen LogP contribution in [-0.2, 0) is 24.7 Å². The molecule has 2 saturated heterocycles. The van der Waals surface area contributed by atoms with Gasteiger partial charge in [-0.05, 0) is 31.0 Å². The zero-order valence-corrected chi connectivity index (χ0v) is 16.3. The lowest BCUT2D eigenvalue weighted by molar-refractivity contribution is -0.146. The summed E-state index contributed by atoms with van der Waals surface area (Å²) in [5.74, 6) is -4.45. The van der Waals surface area contributed by atoms with E-state index in [9.17, 15) is 23.6 Å². The molecule has 0 aromatic heterocycles. The van der Waals surface area contributed by atoms with E-state index in [0.717, 1.165) is 32.1 Å². The van der Waals surface area contributed by atoms with Crippen LogP contribution >= 0.6 is 0 Å². The van der Waals surface area contributed by atoms with Gasteiger partial charge in [-0.1, -0.05) is 19.3 Å². The molecule has 4 atom stereocenters. The van der Waals surface area contributed by atoms with Crippen LogP contribution in [0, 0.1) is 17.7 Å². The maximum atomic E-state index is 14.1. The van der Waals surface area contributed by atoms with Gasteiger partial charge in [0.1, 0.15) is 11.4 Å². The highest BCUT2D eigenvalue weighted by Gasteiger charge is 2.71. The maximum absolute atomic E-state index is 14.1. The molecule has 0 unspecified atom stereocenters. The Hall–Kier alpha value is -2.81. The molecule has 3 fully saturated rings. The Labute approximate surface area is 172 Å². The Balaban J connectivity index is 1.63. The van der Waals surface area contributed by atoms with E-state index in [-0.39, 0.29) is 18.4 Å². The molecule has 1 aromatic rings. The Kier molecular flexibility index (Phi) is 4.22. The summed E-state index contributed by atoms with van der Waals surface area (Å²) in [6, 6.07) is 2.90. The minimum absolute atomic E-state index is 0.196. The molecule has 9 heteroatoms. The van der Waals surface area contributed by atoms with Crippen molar-refractivity contribution in [1.29, 1.82) is 0 Å². The van der Waals surface area contributed by atoms with Gasteiger partial charge in [-0.3, -0.25) is 29.4 Å². The lowest BCUT2D eigenvalue weighted by Crippen LogP contribution is -2.54. The number of hydrogen-bond donors (Lipinski definition) is 3. The molecule has 3 heterocycles. The molecule has 8 nitrogen and oxygen atoms in total. The molecule has 5 rings (SSSR count). The van der Waals surface area contributed by atoms with E-state index in [1.54, 1.807) is 0 Å². The van der Waals surface area contributed by atoms with Crippen LogP contribution in [0.3, 0.4) is 0 Å². The number of halogens is 1. The van der Waals surface area contributed by atoms with E-state index in [2.05, 4.69) is 10.6 Å². The molecular weight excluding hydrogens is 391 g/mol. The fourth-order valence-electron chi connectivity index (χ4n) is 5.89. The molecule has 158 valence electrons. The normalized spacial score (nSPS) is 33.2. The van der Waals surface area contributed by atoms with E-state index >= 15 is 0 Å². The number of imide groups is 1. The topological polar surface area (TPSA) is 122 Å². The van der Waals surface area contributed by atoms with Gasteiger partial charge in [0.05, 0.1) is 11.8 Å². The largest absolute Gasteiger partial charge is 0.370 e. The smallest absolute Gasteiger partial charge is 0.250 e. The molecule has 1 aromatic carbocycles. The average molecular weight is 414 g/mol. The van der Waals surface area contributed by atoms with Crippen molar-refractivity contribution in [3.8, 4) is 0 Å². The molecule has 3 aliphatic heterocycles. The summed E-state index contributed by atoms with van der Waals surface area (Å²) < 4.78 is 14.1. The number of hydrogen-bond acceptors (Lipinski definition) is 5. The first-order valence-electron chi connectivity index (χ1n) is 10.4. The van der Waals surface area contributed by atoms with Crippen molar-refractivity contribution in [2.45, 2.75) is 56.1 Å². The number of nitrogens with two attached hydrogens (primary N) is 1. The van der Waals surface area contributed by atoms with E-state index in [1.807, 2.05) is 0 Å². The summed E-state index contributed by atoms with van der Waals surface area (Å²) in [6.07, 6.45) is 4.19. The van der Waals surface area contributed by atoms with Crippen molar-refractivity contribution in [2.75, 3.05) is 5.32 Å². The van der Waals surface area contributed by atoms with Crippen molar-refractivity contribution < 1.29 is 23.6 Å². The highest BCUT2D eigenvalue weighted by atomic mass is 19.1. The Bertz CT molecular complexity index is 976. The summed E-state index contributed by atoms with van der Waals surface area (Å²) in [5.41, 5.74) is 4.49. The van der Waals surface area contributed by atoms with E-state index in [0.29, 0.717) is 11.3 Å². The SMILES string of the molecule is NC(=O)C[C@H]1N[C@@]2(C(=O)Nc3ccc(F)cc32)[C@@H]2C(=O)N(C3CCCCC3)C(=O)[C@@H]21. The number of nitrogens with zero attached hydrogens (tertiary/aromatic N) is 1. The summed E-state index contributed by atoms with van der Waals surface area (Å²) in [6.45, 7) is 0. The number of amides is 4. The minimum atomic E-state index is -1.60. The fraction of sp³-hybridized carbons (Fsp3) is 0.524. The van der Waals surface area contributed by atoms with Crippen LogP contribution in [0.5, 0.6) is 0 Å². The summed E-state index contributed by atoms with van der Waals surface area (Å²) in [4.78, 5) is 53.2. The first-order chi connectivity index (χ1) is 14.3. The molecular formula is C21H23FN4O4. The van der Waals surface area contributed by atoms with Crippen molar-refractivity contribution in [2.24, 2.45) is 17.6 Å². The molecule has 1 saturated carbocycles. The first kappa shape index (κ1) is 19.2. The second kappa shape index (κ2) is 6.60. The Morgan fingerprint density at radius 1 is 1.17 bits per heavy atom. The van der Waals surface area contributed by atoms with Gasteiger partial charge in [0, 0.05) is 29.8 Å². The lowest BCUT2D eigenvalue weighted by Gasteiger charge is -2.33. The Morgan fingerprint density at radius 2 is 1.90 bits per heavy atom. The number of carbonyl (C=O) groups is 4. The summed E-state index contributed by atoms with van der Waals surface area (Å²) in [7, 11) is 0. The minimum Gasteiger partial charge on any atom is -0.370 e. The molecule has 0 bridgehead atoms. The van der Waals surface area contributed by atoms with Crippen LogP contribution in [0.15, 0.2) is 18.2 Å².